The van der Waals surface area contributed by atoms with Crippen molar-refractivity contribution in [2.75, 3.05) is 6.61 Å². The van der Waals surface area contributed by atoms with Gasteiger partial charge in [0.15, 0.2) is 0 Å². The summed E-state index contributed by atoms with van der Waals surface area (Å²) in [5.41, 5.74) is 1.99. The molecular weight excluding hydrogens is 520 g/mol. The second-order valence-corrected chi connectivity index (χ2v) is 10.2. The van der Waals surface area contributed by atoms with E-state index >= 15 is 0 Å². The summed E-state index contributed by atoms with van der Waals surface area (Å²) in [7, 11) is 0. The van der Waals surface area contributed by atoms with Crippen molar-refractivity contribution in [3.05, 3.63) is 66.4 Å². The maximum Gasteiger partial charge on any atom is 0.343 e. The van der Waals surface area contributed by atoms with Crippen molar-refractivity contribution in [3.8, 4) is 28.8 Å². The number of carbonyl (C=O) groups excluding carboxylic acids is 2. The average molecular weight is 563 g/mol. The highest BCUT2D eigenvalue weighted by atomic mass is 16.6. The predicted octanol–water partition coefficient (Wildman–Crippen LogP) is 7.46. The molecule has 41 heavy (non-hydrogen) atoms. The van der Waals surface area contributed by atoms with Gasteiger partial charge in [-0.25, -0.2) is 9.78 Å². The number of ether oxygens (including phenoxy) is 4. The first-order valence-corrected chi connectivity index (χ1v) is 14.6. The van der Waals surface area contributed by atoms with Gasteiger partial charge in [-0.1, -0.05) is 47.0 Å². The standard InChI is InChI=1S/C33H42N2O6/c1-6-9-11-28(10-7-2)41-33-34-21-20-30(35-33)25-12-18-29(19-13-25)40-32(37)26-14-16-27(17-15-26)38-22-24(5)39-31(36)23(4)8-3/h12-21,23-24,28H,6-11,22H2,1-5H3/t23-,24-,28?/m0/s1. The minimum atomic E-state index is -0.480. The molecule has 0 saturated heterocycles. The van der Waals surface area contributed by atoms with Crippen LogP contribution in [0.4, 0.5) is 0 Å². The number of hydrogen-bond acceptors (Lipinski definition) is 8. The van der Waals surface area contributed by atoms with E-state index < -0.39 is 5.97 Å². The van der Waals surface area contributed by atoms with Gasteiger partial charge < -0.3 is 18.9 Å². The van der Waals surface area contributed by atoms with Crippen LogP contribution in [0.25, 0.3) is 11.3 Å². The fraction of sp³-hybridized carbons (Fsp3) is 0.455. The first-order chi connectivity index (χ1) is 19.8. The van der Waals surface area contributed by atoms with Crippen LogP contribution < -0.4 is 14.2 Å². The largest absolute Gasteiger partial charge is 0.490 e. The molecule has 3 aromatic rings. The zero-order valence-electron chi connectivity index (χ0n) is 24.8. The number of hydrogen-bond donors (Lipinski definition) is 0. The number of esters is 2. The van der Waals surface area contributed by atoms with Crippen LogP contribution in [-0.2, 0) is 9.53 Å². The molecule has 0 aliphatic heterocycles. The Bertz CT molecular complexity index is 1230. The number of benzene rings is 2. The molecule has 3 atom stereocenters. The Morgan fingerprint density at radius 1 is 0.854 bits per heavy atom. The van der Waals surface area contributed by atoms with Crippen molar-refractivity contribution in [2.45, 2.75) is 85.4 Å². The summed E-state index contributed by atoms with van der Waals surface area (Å²) in [6.45, 7) is 10.1. The number of aromatic nitrogens is 2. The molecule has 0 aliphatic carbocycles. The summed E-state index contributed by atoms with van der Waals surface area (Å²) < 4.78 is 22.7. The monoisotopic (exact) mass is 562 g/mol. The zero-order valence-corrected chi connectivity index (χ0v) is 24.8. The minimum Gasteiger partial charge on any atom is -0.490 e. The van der Waals surface area contributed by atoms with Gasteiger partial charge in [0.2, 0.25) is 0 Å². The third-order valence-corrected chi connectivity index (χ3v) is 6.66. The van der Waals surface area contributed by atoms with Gasteiger partial charge in [0.05, 0.1) is 17.2 Å². The van der Waals surface area contributed by atoms with E-state index in [4.69, 9.17) is 18.9 Å². The SMILES string of the molecule is CCCCC(CCC)Oc1nccc(-c2ccc(OC(=O)c3ccc(OC[C@H](C)OC(=O)[C@@H](C)CC)cc3)cc2)n1. The van der Waals surface area contributed by atoms with Crippen molar-refractivity contribution in [3.63, 3.8) is 0 Å². The lowest BCUT2D eigenvalue weighted by Crippen LogP contribution is -2.25. The molecule has 0 N–H and O–H groups in total. The molecule has 0 fully saturated rings. The van der Waals surface area contributed by atoms with Crippen molar-refractivity contribution in [1.82, 2.24) is 9.97 Å². The summed E-state index contributed by atoms with van der Waals surface area (Å²) >= 11 is 0. The topological polar surface area (TPSA) is 96.8 Å². The molecule has 220 valence electrons. The average Bonchev–Trinajstić information content (AvgIpc) is 2.99. The molecule has 0 bridgehead atoms. The van der Waals surface area contributed by atoms with Gasteiger partial charge in [0.1, 0.15) is 30.3 Å². The van der Waals surface area contributed by atoms with Crippen molar-refractivity contribution < 1.29 is 28.5 Å². The Hall–Kier alpha value is -3.94. The van der Waals surface area contributed by atoms with E-state index in [9.17, 15) is 9.59 Å². The van der Waals surface area contributed by atoms with Crippen LogP contribution in [0.1, 0.15) is 83.5 Å². The molecular formula is C33H42N2O6. The normalized spacial score (nSPS) is 13.1. The quantitative estimate of drug-likeness (QED) is 0.131. The van der Waals surface area contributed by atoms with Crippen molar-refractivity contribution in [1.29, 1.82) is 0 Å². The first-order valence-electron chi connectivity index (χ1n) is 14.6. The lowest BCUT2D eigenvalue weighted by molar-refractivity contribution is -0.154. The maximum atomic E-state index is 12.7. The van der Waals surface area contributed by atoms with Crippen LogP contribution in [0.2, 0.25) is 0 Å². The second kappa shape index (κ2) is 16.4. The summed E-state index contributed by atoms with van der Waals surface area (Å²) in [6, 6.07) is 16.0. The lowest BCUT2D eigenvalue weighted by atomic mass is 10.1. The minimum absolute atomic E-state index is 0.111. The number of rotatable bonds is 16. The molecule has 1 heterocycles. The molecule has 0 radical (unpaired) electrons. The van der Waals surface area contributed by atoms with Gasteiger partial charge in [0, 0.05) is 11.8 Å². The number of carbonyl (C=O) groups is 2. The van der Waals surface area contributed by atoms with Crippen LogP contribution >= 0.6 is 0 Å². The highest BCUT2D eigenvalue weighted by Crippen LogP contribution is 2.24. The Morgan fingerprint density at radius 3 is 2.22 bits per heavy atom. The molecule has 1 unspecified atom stereocenters. The Morgan fingerprint density at radius 2 is 1.56 bits per heavy atom. The molecule has 3 rings (SSSR count). The van der Waals surface area contributed by atoms with Crippen LogP contribution in [0, 0.1) is 5.92 Å². The van der Waals surface area contributed by atoms with Crippen LogP contribution in [0.15, 0.2) is 60.8 Å². The van der Waals surface area contributed by atoms with E-state index in [1.165, 1.54) is 0 Å². The summed E-state index contributed by atoms with van der Waals surface area (Å²) in [5.74, 6) is 0.133. The van der Waals surface area contributed by atoms with E-state index in [0.717, 1.165) is 49.8 Å². The van der Waals surface area contributed by atoms with E-state index in [1.807, 2.05) is 32.0 Å². The van der Waals surface area contributed by atoms with Crippen molar-refractivity contribution in [2.24, 2.45) is 5.92 Å². The van der Waals surface area contributed by atoms with Gasteiger partial charge in [-0.15, -0.1) is 0 Å². The van der Waals surface area contributed by atoms with Crippen LogP contribution in [0.3, 0.4) is 0 Å². The number of nitrogens with zero attached hydrogens (tertiary/aromatic N) is 2. The smallest absolute Gasteiger partial charge is 0.343 e. The van der Waals surface area contributed by atoms with E-state index in [1.54, 1.807) is 49.5 Å². The third kappa shape index (κ3) is 10.2. The zero-order chi connectivity index (χ0) is 29.6. The predicted molar refractivity (Wildman–Crippen MR) is 158 cm³/mol. The molecule has 0 saturated carbocycles. The molecule has 0 amide bonds. The second-order valence-electron chi connectivity index (χ2n) is 10.2. The van der Waals surface area contributed by atoms with E-state index in [2.05, 4.69) is 23.8 Å². The maximum absolute atomic E-state index is 12.7. The highest BCUT2D eigenvalue weighted by molar-refractivity contribution is 5.91. The first kappa shape index (κ1) is 31.6. The summed E-state index contributed by atoms with van der Waals surface area (Å²) in [4.78, 5) is 33.5. The van der Waals surface area contributed by atoms with Gasteiger partial charge in [0.25, 0.3) is 0 Å². The van der Waals surface area contributed by atoms with Gasteiger partial charge in [-0.2, -0.15) is 4.98 Å². The molecule has 2 aromatic carbocycles. The van der Waals surface area contributed by atoms with Crippen LogP contribution in [-0.4, -0.2) is 40.7 Å². The van der Waals surface area contributed by atoms with Crippen molar-refractivity contribution >= 4 is 11.9 Å². The highest BCUT2D eigenvalue weighted by Gasteiger charge is 2.17. The van der Waals surface area contributed by atoms with Gasteiger partial charge >= 0.3 is 17.9 Å². The number of unbranched alkanes of at least 4 members (excludes halogenated alkanes) is 1. The molecule has 8 nitrogen and oxygen atoms in total. The van der Waals surface area contributed by atoms with Crippen LogP contribution in [0.5, 0.6) is 17.5 Å². The fourth-order valence-electron chi connectivity index (χ4n) is 4.00. The summed E-state index contributed by atoms with van der Waals surface area (Å²) in [6.07, 6.45) is 7.39. The molecule has 0 spiro atoms. The Kier molecular flexibility index (Phi) is 12.6. The van der Waals surface area contributed by atoms with Gasteiger partial charge in [-0.05, 0) is 80.8 Å². The Balaban J connectivity index is 1.54. The molecule has 0 aliphatic rings. The Labute approximate surface area is 243 Å². The summed E-state index contributed by atoms with van der Waals surface area (Å²) in [5, 5.41) is 0. The third-order valence-electron chi connectivity index (χ3n) is 6.66. The lowest BCUT2D eigenvalue weighted by Gasteiger charge is -2.17. The van der Waals surface area contributed by atoms with E-state index in [-0.39, 0.29) is 30.7 Å². The fourth-order valence-corrected chi connectivity index (χ4v) is 4.00. The molecule has 8 heteroatoms. The van der Waals surface area contributed by atoms with Gasteiger partial charge in [-0.3, -0.25) is 4.79 Å². The molecule has 1 aromatic heterocycles. The van der Waals surface area contributed by atoms with E-state index in [0.29, 0.717) is 23.1 Å².